The summed E-state index contributed by atoms with van der Waals surface area (Å²) in [5.74, 6) is -7.68. The highest BCUT2D eigenvalue weighted by Gasteiger charge is 2.29. The summed E-state index contributed by atoms with van der Waals surface area (Å²) in [6, 6.07) is -4.55. The maximum absolute atomic E-state index is 12.2. The number of nitrogens with one attached hydrogen (secondary N) is 3. The van der Waals surface area contributed by atoms with Crippen LogP contribution < -0.4 is 33.2 Å². The van der Waals surface area contributed by atoms with Crippen LogP contribution in [-0.4, -0.2) is 88.1 Å². The van der Waals surface area contributed by atoms with Crippen LogP contribution in [0.15, 0.2) is 4.99 Å². The third kappa shape index (κ3) is 12.6. The van der Waals surface area contributed by atoms with E-state index in [1.54, 1.807) is 0 Å². The van der Waals surface area contributed by atoms with E-state index >= 15 is 0 Å². The van der Waals surface area contributed by atoms with Crippen LogP contribution in [0.1, 0.15) is 25.7 Å². The number of aliphatic imine (C=N–C) groups is 1. The highest BCUT2D eigenvalue weighted by Crippen LogP contribution is 1.99. The van der Waals surface area contributed by atoms with Crippen LogP contribution in [0.3, 0.4) is 0 Å². The van der Waals surface area contributed by atoms with Crippen molar-refractivity contribution in [2.75, 3.05) is 13.1 Å². The Labute approximate surface area is 181 Å². The zero-order valence-electron chi connectivity index (χ0n) is 16.9. The van der Waals surface area contributed by atoms with E-state index in [1.807, 2.05) is 10.6 Å². The van der Waals surface area contributed by atoms with Crippen LogP contribution >= 0.6 is 0 Å². The minimum Gasteiger partial charge on any atom is -0.481 e. The molecule has 0 aliphatic heterocycles. The topological polar surface area (TPSA) is 290 Å². The predicted octanol–water partition coefficient (Wildman–Crippen LogP) is -4.51. The molecule has 0 aromatic carbocycles. The number of nitrogens with two attached hydrogens (primary N) is 3. The molecule has 0 bridgehead atoms. The summed E-state index contributed by atoms with van der Waals surface area (Å²) in [6.07, 6.45) is -1.30. The number of nitrogens with zero attached hydrogens (tertiary/aromatic N) is 1. The molecule has 3 amide bonds. The average Bonchev–Trinajstić information content (AvgIpc) is 2.67. The first kappa shape index (κ1) is 28.0. The predicted molar refractivity (Wildman–Crippen MR) is 107 cm³/mol. The van der Waals surface area contributed by atoms with Gasteiger partial charge in [-0.2, -0.15) is 0 Å². The van der Waals surface area contributed by atoms with Crippen LogP contribution in [0.4, 0.5) is 0 Å². The SMILES string of the molecule is NC(N)=NCCC[C@H](N)C(=O)NCC(=O)N[C@@H](CC(=O)O)C(=O)N[C@@H](CC(=O)O)C(=O)O. The molecule has 0 radical (unpaired) electrons. The van der Waals surface area contributed by atoms with Crippen molar-refractivity contribution >= 4 is 41.6 Å². The molecule has 180 valence electrons. The lowest BCUT2D eigenvalue weighted by molar-refractivity contribution is -0.148. The fourth-order valence-electron chi connectivity index (χ4n) is 2.23. The van der Waals surface area contributed by atoms with E-state index in [1.165, 1.54) is 0 Å². The third-order valence-corrected chi connectivity index (χ3v) is 3.75. The summed E-state index contributed by atoms with van der Waals surface area (Å²) in [7, 11) is 0. The van der Waals surface area contributed by atoms with Gasteiger partial charge in [0.2, 0.25) is 17.7 Å². The van der Waals surface area contributed by atoms with Crippen LogP contribution in [-0.2, 0) is 28.8 Å². The van der Waals surface area contributed by atoms with Gasteiger partial charge >= 0.3 is 17.9 Å². The molecule has 0 aliphatic carbocycles. The lowest BCUT2D eigenvalue weighted by Gasteiger charge is -2.20. The van der Waals surface area contributed by atoms with Crippen molar-refractivity contribution in [3.05, 3.63) is 0 Å². The summed E-state index contributed by atoms with van der Waals surface area (Å²) >= 11 is 0. The first-order valence-corrected chi connectivity index (χ1v) is 9.18. The van der Waals surface area contributed by atoms with Gasteiger partial charge < -0.3 is 48.5 Å². The number of guanidine groups is 1. The van der Waals surface area contributed by atoms with Gasteiger partial charge in [0.05, 0.1) is 25.4 Å². The van der Waals surface area contributed by atoms with E-state index in [4.69, 9.17) is 32.5 Å². The van der Waals surface area contributed by atoms with Gasteiger partial charge in [0, 0.05) is 6.54 Å². The molecule has 0 rings (SSSR count). The summed E-state index contributed by atoms with van der Waals surface area (Å²) in [5.41, 5.74) is 16.0. The van der Waals surface area contributed by atoms with E-state index in [0.29, 0.717) is 6.42 Å². The number of carboxylic acids is 3. The first-order chi connectivity index (χ1) is 14.8. The Balaban J connectivity index is 4.80. The average molecular weight is 461 g/mol. The number of amides is 3. The van der Waals surface area contributed by atoms with Crippen LogP contribution in [0.2, 0.25) is 0 Å². The van der Waals surface area contributed by atoms with Crippen LogP contribution in [0.25, 0.3) is 0 Å². The maximum atomic E-state index is 12.2. The quantitative estimate of drug-likeness (QED) is 0.0633. The Morgan fingerprint density at radius 2 is 1.41 bits per heavy atom. The molecule has 0 fully saturated rings. The molecule has 12 N–H and O–H groups in total. The highest BCUT2D eigenvalue weighted by atomic mass is 16.4. The largest absolute Gasteiger partial charge is 0.481 e. The summed E-state index contributed by atoms with van der Waals surface area (Å²) < 4.78 is 0. The van der Waals surface area contributed by atoms with Gasteiger partial charge in [-0.1, -0.05) is 0 Å². The second kappa shape index (κ2) is 14.1. The lowest BCUT2D eigenvalue weighted by atomic mass is 10.1. The number of hydrogen-bond acceptors (Lipinski definition) is 8. The van der Waals surface area contributed by atoms with Crippen molar-refractivity contribution in [2.24, 2.45) is 22.2 Å². The summed E-state index contributed by atoms with van der Waals surface area (Å²) in [6.45, 7) is -0.406. The second-order valence-corrected chi connectivity index (χ2v) is 6.49. The zero-order chi connectivity index (χ0) is 24.8. The van der Waals surface area contributed by atoms with E-state index in [2.05, 4.69) is 10.3 Å². The minimum atomic E-state index is -1.84. The molecule has 0 aromatic rings. The van der Waals surface area contributed by atoms with Crippen LogP contribution in [0, 0.1) is 0 Å². The van der Waals surface area contributed by atoms with E-state index < -0.39 is 73.1 Å². The number of carboxylic acid groups (broad SMARTS) is 3. The third-order valence-electron chi connectivity index (χ3n) is 3.75. The molecule has 0 spiro atoms. The summed E-state index contributed by atoms with van der Waals surface area (Å²) in [5, 5.41) is 32.6. The molecule has 32 heavy (non-hydrogen) atoms. The van der Waals surface area contributed by atoms with E-state index in [-0.39, 0.29) is 18.9 Å². The molecule has 0 aliphatic rings. The molecule has 0 saturated carbocycles. The lowest BCUT2D eigenvalue weighted by Crippen LogP contribution is -2.54. The summed E-state index contributed by atoms with van der Waals surface area (Å²) in [4.78, 5) is 72.5. The number of carbonyl (C=O) groups excluding carboxylic acids is 3. The normalized spacial score (nSPS) is 13.0. The molecular weight excluding hydrogens is 434 g/mol. The number of carbonyl (C=O) groups is 6. The van der Waals surface area contributed by atoms with Gasteiger partial charge in [-0.3, -0.25) is 29.0 Å². The second-order valence-electron chi connectivity index (χ2n) is 6.49. The van der Waals surface area contributed by atoms with E-state index in [9.17, 15) is 28.8 Å². The zero-order valence-corrected chi connectivity index (χ0v) is 16.9. The first-order valence-electron chi connectivity index (χ1n) is 9.18. The molecule has 16 heteroatoms. The van der Waals surface area contributed by atoms with Crippen molar-refractivity contribution in [3.8, 4) is 0 Å². The van der Waals surface area contributed by atoms with Gasteiger partial charge in [0.25, 0.3) is 0 Å². The fourth-order valence-corrected chi connectivity index (χ4v) is 2.23. The van der Waals surface area contributed by atoms with Gasteiger partial charge in [-0.15, -0.1) is 0 Å². The molecule has 0 saturated heterocycles. The number of aliphatic carboxylic acids is 3. The number of hydrogen-bond donors (Lipinski definition) is 9. The standard InChI is InChI=1S/C16H27N7O9/c17-7(2-1-3-20-16(18)19)13(29)21-6-10(24)22-8(4-11(25)26)14(30)23-9(15(31)32)5-12(27)28/h7-9H,1-6,17H2,(H,21,29)(H,22,24)(H,23,30)(H,25,26)(H,27,28)(H,31,32)(H4,18,19,20)/t7-,8-,9-/m0/s1. The molecular formula is C16H27N7O9. The van der Waals surface area contributed by atoms with Crippen molar-refractivity contribution in [1.82, 2.24) is 16.0 Å². The molecule has 0 unspecified atom stereocenters. The Morgan fingerprint density at radius 3 is 1.91 bits per heavy atom. The Morgan fingerprint density at radius 1 is 0.844 bits per heavy atom. The monoisotopic (exact) mass is 461 g/mol. The van der Waals surface area contributed by atoms with Crippen molar-refractivity contribution in [2.45, 2.75) is 43.8 Å². The van der Waals surface area contributed by atoms with Crippen molar-refractivity contribution in [3.63, 3.8) is 0 Å². The van der Waals surface area contributed by atoms with Crippen LogP contribution in [0.5, 0.6) is 0 Å². The van der Waals surface area contributed by atoms with Gasteiger partial charge in [-0.05, 0) is 12.8 Å². The molecule has 16 nitrogen and oxygen atoms in total. The Bertz CT molecular complexity index is 752. The minimum absolute atomic E-state index is 0.114. The van der Waals surface area contributed by atoms with Gasteiger partial charge in [-0.25, -0.2) is 4.79 Å². The smallest absolute Gasteiger partial charge is 0.326 e. The Kier molecular flexibility index (Phi) is 12.4. The number of rotatable bonds is 15. The van der Waals surface area contributed by atoms with E-state index in [0.717, 1.165) is 0 Å². The maximum Gasteiger partial charge on any atom is 0.326 e. The van der Waals surface area contributed by atoms with Gasteiger partial charge in [0.1, 0.15) is 12.1 Å². The van der Waals surface area contributed by atoms with Crippen molar-refractivity contribution in [1.29, 1.82) is 0 Å². The van der Waals surface area contributed by atoms with Gasteiger partial charge in [0.15, 0.2) is 5.96 Å². The highest BCUT2D eigenvalue weighted by molar-refractivity contribution is 5.95. The fraction of sp³-hybridized carbons (Fsp3) is 0.562. The van der Waals surface area contributed by atoms with Crippen molar-refractivity contribution < 1.29 is 44.1 Å². The molecule has 0 aromatic heterocycles. The molecule has 3 atom stereocenters. The Hall–Kier alpha value is -3.95. The molecule has 0 heterocycles.